The van der Waals surface area contributed by atoms with Gasteiger partial charge in [-0.05, 0) is 121 Å². The first-order chi connectivity index (χ1) is 34.8. The summed E-state index contributed by atoms with van der Waals surface area (Å²) >= 11 is 0. The molecule has 0 fully saturated rings. The van der Waals surface area contributed by atoms with Crippen LogP contribution in [-0.2, 0) is 0 Å². The molecule has 0 bridgehead atoms. The van der Waals surface area contributed by atoms with Gasteiger partial charge in [0.1, 0.15) is 0 Å². The maximum Gasteiger partial charge on any atom is 0.0619 e. The molecule has 12 aromatic carbocycles. The van der Waals surface area contributed by atoms with Crippen LogP contribution >= 0.6 is 0 Å². The van der Waals surface area contributed by atoms with E-state index >= 15 is 0 Å². The topological polar surface area (TPSA) is 8.17 Å². The average molecular weight is 891 g/mol. The van der Waals surface area contributed by atoms with Crippen molar-refractivity contribution < 1.29 is 0 Å². The Morgan fingerprint density at radius 1 is 0.257 bits per heavy atom. The van der Waals surface area contributed by atoms with E-state index in [1.54, 1.807) is 0 Å². The highest BCUT2D eigenvalue weighted by atomic mass is 15.1. The molecule has 0 aliphatic rings. The number of hydrogen-bond acceptors (Lipinski definition) is 1. The van der Waals surface area contributed by atoms with Crippen molar-refractivity contribution in [1.29, 1.82) is 0 Å². The van der Waals surface area contributed by atoms with Crippen molar-refractivity contribution in [3.8, 4) is 61.3 Å². The predicted molar refractivity (Wildman–Crippen MR) is 298 cm³/mol. The first-order valence-corrected chi connectivity index (χ1v) is 24.1. The van der Waals surface area contributed by atoms with Crippen LogP contribution in [0.4, 0.5) is 17.1 Å². The van der Waals surface area contributed by atoms with E-state index in [-0.39, 0.29) is 0 Å². The summed E-state index contributed by atoms with van der Waals surface area (Å²) in [4.78, 5) is 2.43. The van der Waals surface area contributed by atoms with Gasteiger partial charge in [-0.3, -0.25) is 0 Å². The number of rotatable bonds is 9. The minimum atomic E-state index is 1.07. The summed E-state index contributed by atoms with van der Waals surface area (Å²) < 4.78 is 2.42. The predicted octanol–water partition coefficient (Wildman–Crippen LogP) is 18.9. The number of anilines is 3. The molecule has 2 heteroatoms. The van der Waals surface area contributed by atoms with Gasteiger partial charge < -0.3 is 9.47 Å². The number of hydrogen-bond donors (Lipinski definition) is 0. The normalized spacial score (nSPS) is 11.4. The Hall–Kier alpha value is -9.24. The van der Waals surface area contributed by atoms with Crippen molar-refractivity contribution in [1.82, 2.24) is 4.57 Å². The van der Waals surface area contributed by atoms with Gasteiger partial charge in [0, 0.05) is 39.0 Å². The fraction of sp³-hybridized carbons (Fsp3) is 0. The summed E-state index contributed by atoms with van der Waals surface area (Å²) in [6.45, 7) is 0. The lowest BCUT2D eigenvalue weighted by Crippen LogP contribution is -2.11. The van der Waals surface area contributed by atoms with Crippen molar-refractivity contribution in [2.75, 3.05) is 4.90 Å². The summed E-state index contributed by atoms with van der Waals surface area (Å²) in [5.41, 5.74) is 18.7. The first kappa shape index (κ1) is 41.0. The van der Waals surface area contributed by atoms with Crippen LogP contribution in [0.3, 0.4) is 0 Å². The summed E-state index contributed by atoms with van der Waals surface area (Å²) in [7, 11) is 0. The zero-order valence-corrected chi connectivity index (χ0v) is 38.5. The van der Waals surface area contributed by atoms with Gasteiger partial charge in [0.05, 0.1) is 16.7 Å². The van der Waals surface area contributed by atoms with E-state index in [0.717, 1.165) is 45.0 Å². The second-order valence-electron chi connectivity index (χ2n) is 18.0. The van der Waals surface area contributed by atoms with Gasteiger partial charge in [-0.1, -0.05) is 224 Å². The molecular formula is C68H46N2. The zero-order valence-electron chi connectivity index (χ0n) is 38.5. The maximum absolute atomic E-state index is 2.43. The summed E-state index contributed by atoms with van der Waals surface area (Å²) in [6, 6.07) is 102. The van der Waals surface area contributed by atoms with Gasteiger partial charge >= 0.3 is 0 Å². The smallest absolute Gasteiger partial charge is 0.0619 e. The second-order valence-corrected chi connectivity index (χ2v) is 18.0. The van der Waals surface area contributed by atoms with Gasteiger partial charge in [-0.2, -0.15) is 0 Å². The van der Waals surface area contributed by atoms with E-state index in [4.69, 9.17) is 0 Å². The third-order valence-corrected chi connectivity index (χ3v) is 14.0. The molecular weight excluding hydrogens is 845 g/mol. The van der Waals surface area contributed by atoms with E-state index < -0.39 is 0 Å². The van der Waals surface area contributed by atoms with Crippen molar-refractivity contribution in [3.05, 3.63) is 279 Å². The lowest BCUT2D eigenvalue weighted by atomic mass is 9.84. The highest BCUT2D eigenvalue weighted by molar-refractivity contribution is 6.22. The summed E-state index contributed by atoms with van der Waals surface area (Å²) in [6.07, 6.45) is 0. The molecule has 328 valence electrons. The molecule has 13 aromatic rings. The van der Waals surface area contributed by atoms with Crippen LogP contribution in [0, 0.1) is 0 Å². The van der Waals surface area contributed by atoms with Crippen LogP contribution in [0.2, 0.25) is 0 Å². The van der Waals surface area contributed by atoms with Crippen LogP contribution in [0.1, 0.15) is 0 Å². The highest BCUT2D eigenvalue weighted by Gasteiger charge is 2.22. The number of fused-ring (bicyclic) bond motifs is 6. The fourth-order valence-corrected chi connectivity index (χ4v) is 10.8. The van der Waals surface area contributed by atoms with Gasteiger partial charge in [-0.15, -0.1) is 0 Å². The van der Waals surface area contributed by atoms with E-state index in [2.05, 4.69) is 289 Å². The largest absolute Gasteiger partial charge is 0.310 e. The van der Waals surface area contributed by atoms with Gasteiger partial charge in [-0.25, -0.2) is 0 Å². The Balaban J connectivity index is 0.989. The molecule has 0 amide bonds. The number of aromatic nitrogens is 1. The molecule has 0 N–H and O–H groups in total. The van der Waals surface area contributed by atoms with E-state index in [1.807, 2.05) is 0 Å². The van der Waals surface area contributed by atoms with Crippen LogP contribution in [-0.4, -0.2) is 4.57 Å². The van der Waals surface area contributed by atoms with E-state index in [0.29, 0.717) is 0 Å². The summed E-state index contributed by atoms with van der Waals surface area (Å²) in [5, 5.41) is 7.47. The van der Waals surface area contributed by atoms with Crippen molar-refractivity contribution in [3.63, 3.8) is 0 Å². The molecule has 1 aromatic heterocycles. The van der Waals surface area contributed by atoms with Gasteiger partial charge in [0.25, 0.3) is 0 Å². The van der Waals surface area contributed by atoms with Crippen molar-refractivity contribution >= 4 is 60.4 Å². The lowest BCUT2D eigenvalue weighted by molar-refractivity contribution is 1.18. The molecule has 0 saturated carbocycles. The Bertz CT molecular complexity index is 4020. The Labute approximate surface area is 408 Å². The zero-order chi connectivity index (χ0) is 46.4. The molecule has 1 heterocycles. The minimum absolute atomic E-state index is 1.07. The fourth-order valence-electron chi connectivity index (χ4n) is 10.8. The first-order valence-electron chi connectivity index (χ1n) is 24.1. The van der Waals surface area contributed by atoms with Gasteiger partial charge in [0.2, 0.25) is 0 Å². The standard InChI is InChI=1S/C68H46N2/c1-5-21-47(22-6-1)56-31-15-17-37-64(56)69(54-42-39-48(40-43-54)57-35-20-36-62-60-33-16-18-38-65(60)70(68(57)62)53-28-11-4-12-29-53)55-30-19-27-51(45-55)52-41-44-59-58-32-13-14-34-61(58)66(49-23-7-2-8-24-49)67(63(59)46-52)50-25-9-3-10-26-50/h1-46H. The quantitative estimate of drug-likeness (QED) is 0.131. The van der Waals surface area contributed by atoms with Crippen LogP contribution in [0.15, 0.2) is 279 Å². The molecule has 13 rings (SSSR count). The molecule has 0 aliphatic heterocycles. The molecule has 70 heavy (non-hydrogen) atoms. The number of benzene rings is 12. The number of nitrogens with zero attached hydrogens (tertiary/aromatic N) is 2. The molecule has 0 spiro atoms. The van der Waals surface area contributed by atoms with E-state index in [9.17, 15) is 0 Å². The van der Waals surface area contributed by atoms with Crippen LogP contribution < -0.4 is 4.90 Å². The molecule has 0 unspecified atom stereocenters. The Kier molecular flexibility index (Phi) is 10.2. The van der Waals surface area contributed by atoms with Crippen LogP contribution in [0.25, 0.3) is 105 Å². The average Bonchev–Trinajstić information content (AvgIpc) is 3.79. The van der Waals surface area contributed by atoms with Gasteiger partial charge in [0.15, 0.2) is 0 Å². The molecule has 0 aliphatic carbocycles. The second kappa shape index (κ2) is 17.4. The van der Waals surface area contributed by atoms with E-state index in [1.165, 1.54) is 76.7 Å². The van der Waals surface area contributed by atoms with Crippen molar-refractivity contribution in [2.45, 2.75) is 0 Å². The maximum atomic E-state index is 2.43. The monoisotopic (exact) mass is 890 g/mol. The Morgan fingerprint density at radius 3 is 1.47 bits per heavy atom. The SMILES string of the molecule is c1ccc(-c2ccccc2N(c2ccc(-c3cccc4c5ccccc5n(-c5ccccc5)c34)cc2)c2cccc(-c3ccc4c(c3)c(-c3ccccc3)c(-c3ccccc3)c3ccccc34)c2)cc1. The summed E-state index contributed by atoms with van der Waals surface area (Å²) in [5.74, 6) is 0. The molecule has 0 saturated heterocycles. The number of para-hydroxylation sites is 4. The highest BCUT2D eigenvalue weighted by Crippen LogP contribution is 2.47. The minimum Gasteiger partial charge on any atom is -0.310 e. The third kappa shape index (κ3) is 7.05. The molecule has 0 atom stereocenters. The molecule has 0 radical (unpaired) electrons. The third-order valence-electron chi connectivity index (χ3n) is 14.0. The molecule has 2 nitrogen and oxygen atoms in total. The Morgan fingerprint density at radius 2 is 0.743 bits per heavy atom. The lowest BCUT2D eigenvalue weighted by Gasteiger charge is -2.28. The van der Waals surface area contributed by atoms with Crippen LogP contribution in [0.5, 0.6) is 0 Å². The van der Waals surface area contributed by atoms with Crippen molar-refractivity contribution in [2.24, 2.45) is 0 Å².